The van der Waals surface area contributed by atoms with Crippen molar-refractivity contribution in [2.75, 3.05) is 18.6 Å². The molecule has 4 rings (SSSR count). The first kappa shape index (κ1) is 22.8. The maximum Gasteiger partial charge on any atom is 0.322 e. The van der Waals surface area contributed by atoms with Gasteiger partial charge in [0.1, 0.15) is 24.0 Å². The van der Waals surface area contributed by atoms with Crippen LogP contribution in [0.15, 0.2) is 60.7 Å². The lowest BCUT2D eigenvalue weighted by Crippen LogP contribution is -2.49. The van der Waals surface area contributed by atoms with Crippen molar-refractivity contribution in [2.45, 2.75) is 18.6 Å². The minimum atomic E-state index is -3.07. The van der Waals surface area contributed by atoms with Gasteiger partial charge in [-0.25, -0.2) is 13.2 Å². The summed E-state index contributed by atoms with van der Waals surface area (Å²) in [5.41, 5.74) is 0.969. The Morgan fingerprint density at radius 1 is 0.970 bits per heavy atom. The van der Waals surface area contributed by atoms with Crippen molar-refractivity contribution < 1.29 is 27.9 Å². The van der Waals surface area contributed by atoms with E-state index in [9.17, 15) is 23.1 Å². The molecule has 1 saturated heterocycles. The van der Waals surface area contributed by atoms with Gasteiger partial charge in [0.25, 0.3) is 5.91 Å². The Bertz CT molecular complexity index is 1340. The fourth-order valence-electron chi connectivity index (χ4n) is 3.74. The summed E-state index contributed by atoms with van der Waals surface area (Å²) in [5.74, 6) is -0.00254. The summed E-state index contributed by atoms with van der Waals surface area (Å²) in [6, 6.07) is 18.0. The van der Waals surface area contributed by atoms with Crippen molar-refractivity contribution in [3.63, 3.8) is 0 Å². The Balaban J connectivity index is 1.51. The third kappa shape index (κ3) is 4.84. The highest BCUT2D eigenvalue weighted by molar-refractivity contribution is 7.90. The van der Waals surface area contributed by atoms with Gasteiger partial charge in [0.05, 0.1) is 5.75 Å². The number of imide groups is 1. The molecular formula is C24H24N2O6S. The monoisotopic (exact) mass is 468 g/mol. The molecule has 1 unspecified atom stereocenters. The summed E-state index contributed by atoms with van der Waals surface area (Å²) in [7, 11) is -3.07. The maximum atomic E-state index is 12.1. The number of sulfone groups is 1. The molecule has 172 valence electrons. The largest absolute Gasteiger partial charge is 0.493 e. The summed E-state index contributed by atoms with van der Waals surface area (Å²) in [4.78, 5) is 23.5. The molecular weight excluding hydrogens is 444 g/mol. The molecule has 8 nitrogen and oxygen atoms in total. The van der Waals surface area contributed by atoms with Gasteiger partial charge in [-0.2, -0.15) is 0 Å². The van der Waals surface area contributed by atoms with Crippen LogP contribution >= 0.6 is 0 Å². The highest BCUT2D eigenvalue weighted by atomic mass is 32.2. The molecule has 33 heavy (non-hydrogen) atoms. The van der Waals surface area contributed by atoms with Crippen LogP contribution in [0.25, 0.3) is 21.9 Å². The average Bonchev–Trinajstić information content (AvgIpc) is 3.04. The standard InChI is InChI=1S/C24H24N2O6S/c1-24(22(28)25-23(29)26-24)21(27)16-5-3-15(4-6-16)17-7-8-19-14-20(10-9-18(19)13-17)32-11-12-33(2,30)31/h3-10,13-14,21,27H,11-12H2,1-2H3,(H2,25,26,28,29)/t21?,24-/m1/s1. The highest BCUT2D eigenvalue weighted by Crippen LogP contribution is 2.31. The lowest BCUT2D eigenvalue weighted by atomic mass is 9.88. The van der Waals surface area contributed by atoms with Crippen molar-refractivity contribution in [3.8, 4) is 16.9 Å². The third-order valence-electron chi connectivity index (χ3n) is 5.71. The Labute approximate surface area is 191 Å². The summed E-state index contributed by atoms with van der Waals surface area (Å²) in [5, 5.41) is 17.3. The van der Waals surface area contributed by atoms with Gasteiger partial charge < -0.3 is 15.2 Å². The number of carbonyl (C=O) groups is 2. The van der Waals surface area contributed by atoms with E-state index >= 15 is 0 Å². The smallest absolute Gasteiger partial charge is 0.322 e. The van der Waals surface area contributed by atoms with Gasteiger partial charge in [-0.3, -0.25) is 10.1 Å². The molecule has 2 atom stereocenters. The summed E-state index contributed by atoms with van der Waals surface area (Å²) in [6.45, 7) is 1.58. The molecule has 1 heterocycles. The van der Waals surface area contributed by atoms with Crippen molar-refractivity contribution in [3.05, 3.63) is 66.2 Å². The van der Waals surface area contributed by atoms with Crippen molar-refractivity contribution >= 4 is 32.5 Å². The molecule has 0 radical (unpaired) electrons. The number of urea groups is 1. The van der Waals surface area contributed by atoms with E-state index in [0.29, 0.717) is 11.3 Å². The highest BCUT2D eigenvalue weighted by Gasteiger charge is 2.48. The van der Waals surface area contributed by atoms with Gasteiger partial charge in [-0.05, 0) is 52.6 Å². The number of hydrogen-bond acceptors (Lipinski definition) is 6. The van der Waals surface area contributed by atoms with Crippen LogP contribution in [-0.4, -0.2) is 49.6 Å². The van der Waals surface area contributed by atoms with Gasteiger partial charge in [-0.15, -0.1) is 0 Å². The molecule has 1 aliphatic rings. The number of ether oxygens (including phenoxy) is 1. The zero-order valence-electron chi connectivity index (χ0n) is 18.2. The van der Waals surface area contributed by atoms with E-state index in [1.807, 2.05) is 42.5 Å². The molecule has 0 saturated carbocycles. The van der Waals surface area contributed by atoms with E-state index in [2.05, 4.69) is 10.6 Å². The van der Waals surface area contributed by atoms with Crippen LogP contribution in [0.1, 0.15) is 18.6 Å². The number of aliphatic hydroxyl groups is 1. The van der Waals surface area contributed by atoms with E-state index in [1.165, 1.54) is 13.2 Å². The first-order valence-corrected chi connectivity index (χ1v) is 12.4. The Kier molecular flexibility index (Phi) is 5.85. The van der Waals surface area contributed by atoms with Gasteiger partial charge >= 0.3 is 6.03 Å². The minimum absolute atomic E-state index is 0.0368. The van der Waals surface area contributed by atoms with Crippen LogP contribution in [0.5, 0.6) is 5.75 Å². The van der Waals surface area contributed by atoms with Crippen molar-refractivity contribution in [1.29, 1.82) is 0 Å². The number of hydrogen-bond donors (Lipinski definition) is 3. The zero-order chi connectivity index (χ0) is 23.8. The fraction of sp³-hybridized carbons (Fsp3) is 0.250. The lowest BCUT2D eigenvalue weighted by Gasteiger charge is -2.27. The van der Waals surface area contributed by atoms with Gasteiger partial charge in [0.2, 0.25) is 0 Å². The zero-order valence-corrected chi connectivity index (χ0v) is 19.0. The summed E-state index contributed by atoms with van der Waals surface area (Å²) in [6.07, 6.45) is -0.0227. The van der Waals surface area contributed by atoms with Crippen LogP contribution < -0.4 is 15.4 Å². The third-order valence-corrected chi connectivity index (χ3v) is 6.62. The van der Waals surface area contributed by atoms with Gasteiger partial charge in [-0.1, -0.05) is 42.5 Å². The maximum absolute atomic E-state index is 12.1. The number of benzene rings is 3. The van der Waals surface area contributed by atoms with E-state index in [1.54, 1.807) is 18.2 Å². The predicted molar refractivity (Wildman–Crippen MR) is 125 cm³/mol. The van der Waals surface area contributed by atoms with Crippen molar-refractivity contribution in [1.82, 2.24) is 10.6 Å². The normalized spacial score (nSPS) is 19.2. The van der Waals surface area contributed by atoms with Gasteiger partial charge in [0.15, 0.2) is 9.84 Å². The first-order chi connectivity index (χ1) is 15.5. The molecule has 3 amide bonds. The van der Waals surface area contributed by atoms with E-state index in [0.717, 1.165) is 21.9 Å². The number of amides is 3. The number of aliphatic hydroxyl groups excluding tert-OH is 1. The molecule has 0 aromatic heterocycles. The molecule has 1 aliphatic heterocycles. The molecule has 0 bridgehead atoms. The molecule has 3 aromatic rings. The molecule has 9 heteroatoms. The summed E-state index contributed by atoms with van der Waals surface area (Å²) >= 11 is 0. The Morgan fingerprint density at radius 2 is 1.61 bits per heavy atom. The van der Waals surface area contributed by atoms with E-state index < -0.39 is 33.4 Å². The van der Waals surface area contributed by atoms with Crippen molar-refractivity contribution in [2.24, 2.45) is 0 Å². The van der Waals surface area contributed by atoms with Crippen LogP contribution in [0.2, 0.25) is 0 Å². The quantitative estimate of drug-likeness (QED) is 0.458. The topological polar surface area (TPSA) is 122 Å². The second kappa shape index (κ2) is 8.49. The number of fused-ring (bicyclic) bond motifs is 1. The number of nitrogens with one attached hydrogen (secondary N) is 2. The number of carbonyl (C=O) groups excluding carboxylic acids is 2. The van der Waals surface area contributed by atoms with Gasteiger partial charge in [0, 0.05) is 6.26 Å². The SMILES string of the molecule is C[C@]1(C(O)c2ccc(-c3ccc4cc(OCCS(C)(=O)=O)ccc4c3)cc2)NC(=O)NC1=O. The number of rotatable bonds is 7. The molecule has 0 aliphatic carbocycles. The first-order valence-electron chi connectivity index (χ1n) is 10.3. The second-order valence-electron chi connectivity index (χ2n) is 8.34. The molecule has 3 aromatic carbocycles. The second-order valence-corrected chi connectivity index (χ2v) is 10.6. The lowest BCUT2D eigenvalue weighted by molar-refractivity contribution is -0.127. The predicted octanol–water partition coefficient (Wildman–Crippen LogP) is 2.56. The van der Waals surface area contributed by atoms with Crippen LogP contribution in [-0.2, 0) is 14.6 Å². The Morgan fingerprint density at radius 3 is 2.24 bits per heavy atom. The van der Waals surface area contributed by atoms with E-state index in [-0.39, 0.29) is 12.4 Å². The molecule has 0 spiro atoms. The average molecular weight is 469 g/mol. The fourth-order valence-corrected chi connectivity index (χ4v) is 4.13. The summed E-state index contributed by atoms with van der Waals surface area (Å²) < 4.78 is 28.0. The molecule has 3 N–H and O–H groups in total. The van der Waals surface area contributed by atoms with E-state index in [4.69, 9.17) is 4.74 Å². The molecule has 1 fully saturated rings. The van der Waals surface area contributed by atoms with Crippen LogP contribution in [0.4, 0.5) is 4.79 Å². The van der Waals surface area contributed by atoms with Crippen LogP contribution in [0, 0.1) is 0 Å². The minimum Gasteiger partial charge on any atom is -0.493 e. The Hall–Kier alpha value is -3.43. The van der Waals surface area contributed by atoms with Crippen LogP contribution in [0.3, 0.4) is 0 Å².